The van der Waals surface area contributed by atoms with Crippen LogP contribution in [0.25, 0.3) is 0 Å². The van der Waals surface area contributed by atoms with Gasteiger partial charge in [0.05, 0.1) is 6.04 Å². The number of benzene rings is 2. The highest BCUT2D eigenvalue weighted by Gasteiger charge is 2.16. The maximum atomic E-state index is 12.1. The van der Waals surface area contributed by atoms with Crippen molar-refractivity contribution in [1.29, 1.82) is 0 Å². The first-order valence-electron chi connectivity index (χ1n) is 8.75. The molecule has 2 N–H and O–H groups in total. The Hall–Kier alpha value is -2.73. The van der Waals surface area contributed by atoms with Gasteiger partial charge in [-0.15, -0.1) is 0 Å². The number of amides is 2. The highest BCUT2D eigenvalue weighted by Crippen LogP contribution is 2.32. The van der Waals surface area contributed by atoms with Crippen molar-refractivity contribution in [3.05, 3.63) is 58.6 Å². The van der Waals surface area contributed by atoms with Crippen molar-refractivity contribution in [3.63, 3.8) is 0 Å². The largest absolute Gasteiger partial charge is 0.486 e. The first-order valence-corrected chi connectivity index (χ1v) is 9.13. The minimum atomic E-state index is -0.237. The van der Waals surface area contributed by atoms with E-state index < -0.39 is 0 Å². The standard InChI is InChI=1S/C20H21ClN2O4/c1-13(15-4-7-17-18(12-15)27-11-10-26-17)23-19(24)8-9-22-20(25)14-2-5-16(21)6-3-14/h2-7,12-13H,8-11H2,1H3,(H,22,25)(H,23,24)/t13-/m1/s1. The van der Waals surface area contributed by atoms with Crippen LogP contribution in [0.1, 0.15) is 35.3 Å². The van der Waals surface area contributed by atoms with Crippen LogP contribution < -0.4 is 20.1 Å². The predicted octanol–water partition coefficient (Wildman–Crippen LogP) is 3.11. The molecular formula is C20H21ClN2O4. The van der Waals surface area contributed by atoms with Gasteiger partial charge in [-0.3, -0.25) is 9.59 Å². The number of carbonyl (C=O) groups excluding carboxylic acids is 2. The molecule has 1 aliphatic heterocycles. The van der Waals surface area contributed by atoms with Crippen LogP contribution in [0, 0.1) is 0 Å². The third kappa shape index (κ3) is 5.14. The average molecular weight is 389 g/mol. The van der Waals surface area contributed by atoms with Crippen LogP contribution in [0.5, 0.6) is 11.5 Å². The van der Waals surface area contributed by atoms with E-state index in [0.717, 1.165) is 5.56 Å². The van der Waals surface area contributed by atoms with Gasteiger partial charge >= 0.3 is 0 Å². The van der Waals surface area contributed by atoms with Crippen LogP contribution >= 0.6 is 11.6 Å². The molecule has 27 heavy (non-hydrogen) atoms. The molecule has 2 aromatic rings. The molecule has 0 aliphatic carbocycles. The van der Waals surface area contributed by atoms with Gasteiger partial charge in [-0.05, 0) is 48.9 Å². The summed E-state index contributed by atoms with van der Waals surface area (Å²) in [5, 5.41) is 6.21. The number of carbonyl (C=O) groups is 2. The molecule has 6 nitrogen and oxygen atoms in total. The van der Waals surface area contributed by atoms with Crippen LogP contribution in [0.4, 0.5) is 0 Å². The van der Waals surface area contributed by atoms with Crippen LogP contribution in [-0.4, -0.2) is 31.6 Å². The molecule has 7 heteroatoms. The molecule has 2 amide bonds. The van der Waals surface area contributed by atoms with Gasteiger partial charge in [-0.2, -0.15) is 0 Å². The van der Waals surface area contributed by atoms with Crippen LogP contribution in [0.15, 0.2) is 42.5 Å². The van der Waals surface area contributed by atoms with E-state index in [1.165, 1.54) is 0 Å². The van der Waals surface area contributed by atoms with Crippen molar-refractivity contribution in [3.8, 4) is 11.5 Å². The Bertz CT molecular complexity index is 823. The van der Waals surface area contributed by atoms with Gasteiger partial charge < -0.3 is 20.1 Å². The summed E-state index contributed by atoms with van der Waals surface area (Å²) in [6.45, 7) is 3.21. The van der Waals surface area contributed by atoms with E-state index in [4.69, 9.17) is 21.1 Å². The summed E-state index contributed by atoms with van der Waals surface area (Å²) < 4.78 is 11.1. The number of nitrogens with one attached hydrogen (secondary N) is 2. The number of halogens is 1. The van der Waals surface area contributed by atoms with E-state index in [2.05, 4.69) is 10.6 Å². The molecule has 1 aliphatic rings. The van der Waals surface area contributed by atoms with E-state index in [1.807, 2.05) is 25.1 Å². The summed E-state index contributed by atoms with van der Waals surface area (Å²) in [4.78, 5) is 24.1. The molecule has 0 fully saturated rings. The molecule has 0 spiro atoms. The van der Waals surface area contributed by atoms with Gasteiger partial charge in [0.25, 0.3) is 5.91 Å². The first kappa shape index (κ1) is 19.0. The highest BCUT2D eigenvalue weighted by molar-refractivity contribution is 6.30. The number of ether oxygens (including phenoxy) is 2. The minimum Gasteiger partial charge on any atom is -0.486 e. The molecule has 0 unspecified atom stereocenters. The molecule has 0 bridgehead atoms. The molecule has 3 rings (SSSR count). The first-order chi connectivity index (χ1) is 13.0. The fourth-order valence-corrected chi connectivity index (χ4v) is 2.85. The zero-order valence-electron chi connectivity index (χ0n) is 15.0. The normalized spacial score (nSPS) is 13.6. The Morgan fingerprint density at radius 3 is 2.52 bits per heavy atom. The Balaban J connectivity index is 1.46. The number of fused-ring (bicyclic) bond motifs is 1. The highest BCUT2D eigenvalue weighted by atomic mass is 35.5. The summed E-state index contributed by atoms with van der Waals surface area (Å²) in [5.41, 5.74) is 1.43. The lowest BCUT2D eigenvalue weighted by Crippen LogP contribution is -2.32. The van der Waals surface area contributed by atoms with Gasteiger partial charge in [0.15, 0.2) is 11.5 Å². The van der Waals surface area contributed by atoms with Crippen molar-refractivity contribution >= 4 is 23.4 Å². The van der Waals surface area contributed by atoms with E-state index >= 15 is 0 Å². The second-order valence-electron chi connectivity index (χ2n) is 6.21. The minimum absolute atomic E-state index is 0.145. The Morgan fingerprint density at radius 2 is 1.78 bits per heavy atom. The van der Waals surface area contributed by atoms with Gasteiger partial charge in [0.1, 0.15) is 13.2 Å². The molecule has 1 heterocycles. The summed E-state index contributed by atoms with van der Waals surface area (Å²) in [6.07, 6.45) is 0.189. The SMILES string of the molecule is C[C@@H](NC(=O)CCNC(=O)c1ccc(Cl)cc1)c1ccc2c(c1)OCCO2. The van der Waals surface area contributed by atoms with Crippen molar-refractivity contribution in [1.82, 2.24) is 10.6 Å². The van der Waals surface area contributed by atoms with Crippen LogP contribution in [-0.2, 0) is 4.79 Å². The summed E-state index contributed by atoms with van der Waals surface area (Å²) in [7, 11) is 0. The van der Waals surface area contributed by atoms with Crippen LogP contribution in [0.3, 0.4) is 0 Å². The summed E-state index contributed by atoms with van der Waals surface area (Å²) >= 11 is 5.80. The molecular weight excluding hydrogens is 368 g/mol. The van der Waals surface area contributed by atoms with E-state index in [0.29, 0.717) is 35.3 Å². The Kier molecular flexibility index (Phi) is 6.19. The van der Waals surface area contributed by atoms with E-state index in [-0.39, 0.29) is 30.8 Å². The fourth-order valence-electron chi connectivity index (χ4n) is 2.72. The average Bonchev–Trinajstić information content (AvgIpc) is 2.68. The van der Waals surface area contributed by atoms with Gasteiger partial charge in [-0.1, -0.05) is 17.7 Å². The molecule has 2 aromatic carbocycles. The second kappa shape index (κ2) is 8.77. The van der Waals surface area contributed by atoms with E-state index in [1.54, 1.807) is 24.3 Å². The molecule has 1 atom stereocenters. The van der Waals surface area contributed by atoms with Gasteiger partial charge in [0.2, 0.25) is 5.91 Å². The monoisotopic (exact) mass is 388 g/mol. The lowest BCUT2D eigenvalue weighted by atomic mass is 10.1. The molecule has 0 radical (unpaired) electrons. The lowest BCUT2D eigenvalue weighted by molar-refractivity contribution is -0.121. The Morgan fingerprint density at radius 1 is 1.07 bits per heavy atom. The lowest BCUT2D eigenvalue weighted by Gasteiger charge is -2.21. The van der Waals surface area contributed by atoms with E-state index in [9.17, 15) is 9.59 Å². The topological polar surface area (TPSA) is 76.7 Å². The van der Waals surface area contributed by atoms with Crippen molar-refractivity contribution < 1.29 is 19.1 Å². The quantitative estimate of drug-likeness (QED) is 0.797. The van der Waals surface area contributed by atoms with Crippen LogP contribution in [0.2, 0.25) is 5.02 Å². The number of hydrogen-bond acceptors (Lipinski definition) is 4. The van der Waals surface area contributed by atoms with Crippen molar-refractivity contribution in [2.45, 2.75) is 19.4 Å². The molecule has 0 saturated heterocycles. The third-order valence-electron chi connectivity index (χ3n) is 4.19. The summed E-state index contributed by atoms with van der Waals surface area (Å²) in [6, 6.07) is 12.0. The second-order valence-corrected chi connectivity index (χ2v) is 6.64. The predicted molar refractivity (Wildman–Crippen MR) is 102 cm³/mol. The maximum Gasteiger partial charge on any atom is 0.251 e. The summed E-state index contributed by atoms with van der Waals surface area (Å²) in [5.74, 6) is 1.02. The maximum absolute atomic E-state index is 12.1. The van der Waals surface area contributed by atoms with Gasteiger partial charge in [-0.25, -0.2) is 0 Å². The molecule has 0 aromatic heterocycles. The van der Waals surface area contributed by atoms with Gasteiger partial charge in [0, 0.05) is 23.6 Å². The molecule has 0 saturated carbocycles. The number of rotatable bonds is 6. The smallest absolute Gasteiger partial charge is 0.251 e. The third-order valence-corrected chi connectivity index (χ3v) is 4.44. The molecule has 142 valence electrons. The zero-order valence-corrected chi connectivity index (χ0v) is 15.7. The zero-order chi connectivity index (χ0) is 19.2. The number of hydrogen-bond donors (Lipinski definition) is 2. The fraction of sp³-hybridized carbons (Fsp3) is 0.300. The van der Waals surface area contributed by atoms with Crippen molar-refractivity contribution in [2.75, 3.05) is 19.8 Å². The van der Waals surface area contributed by atoms with Crippen molar-refractivity contribution in [2.24, 2.45) is 0 Å². The Labute approximate surface area is 162 Å².